The minimum absolute atomic E-state index is 0.240. The molecule has 0 spiro atoms. The smallest absolute Gasteiger partial charge is 0.248 e. The molecule has 1 aliphatic rings. The molecule has 0 saturated carbocycles. The largest absolute Gasteiger partial charge is 0.495 e. The fraction of sp³-hybridized carbons (Fsp3) is 0.667. The quantitative estimate of drug-likeness (QED) is 0.658. The van der Waals surface area contributed by atoms with Gasteiger partial charge in [-0.1, -0.05) is 41.5 Å². The summed E-state index contributed by atoms with van der Waals surface area (Å²) in [5, 5.41) is 0. The number of hydrogen-bond donors (Lipinski definition) is 1. The SMILES string of the molecule is COc1cc(C(N)=O)ccc1N1CCC(O[Si](C(C)C)(C(C)C)C(C)C)C1. The topological polar surface area (TPSA) is 64.8 Å². The van der Waals surface area contributed by atoms with E-state index in [1.807, 2.05) is 6.07 Å². The fourth-order valence-electron chi connectivity index (χ4n) is 4.83. The van der Waals surface area contributed by atoms with Crippen molar-refractivity contribution in [3.05, 3.63) is 23.8 Å². The summed E-state index contributed by atoms with van der Waals surface area (Å²) in [4.78, 5) is 13.7. The Kier molecular flexibility index (Phi) is 6.97. The standard InChI is InChI=1S/C21H36N2O3Si/c1-14(2)27(15(3)4,16(5)6)26-18-10-11-23(13-18)19-9-8-17(21(22)24)12-20(19)25-7/h8-9,12,14-16,18H,10-11,13H2,1-7H3,(H2,22,24). The number of primary amides is 1. The first kappa shape index (κ1) is 21.8. The zero-order chi connectivity index (χ0) is 20.4. The molecule has 0 bridgehead atoms. The average Bonchev–Trinajstić information content (AvgIpc) is 3.06. The van der Waals surface area contributed by atoms with Gasteiger partial charge in [-0.15, -0.1) is 0 Å². The number of carbonyl (C=O) groups excluding carboxylic acids is 1. The molecule has 1 aliphatic heterocycles. The molecule has 0 radical (unpaired) electrons. The second kappa shape index (κ2) is 8.65. The Labute approximate surface area is 165 Å². The summed E-state index contributed by atoms with van der Waals surface area (Å²) in [6, 6.07) is 5.42. The molecule has 1 saturated heterocycles. The fourth-order valence-corrected chi connectivity index (χ4v) is 10.4. The van der Waals surface area contributed by atoms with Gasteiger partial charge in [-0.2, -0.15) is 0 Å². The number of ether oxygens (including phenoxy) is 1. The van der Waals surface area contributed by atoms with E-state index in [4.69, 9.17) is 14.9 Å². The van der Waals surface area contributed by atoms with E-state index in [0.717, 1.165) is 25.2 Å². The highest BCUT2D eigenvalue weighted by Crippen LogP contribution is 2.44. The summed E-state index contributed by atoms with van der Waals surface area (Å²) in [6.45, 7) is 15.7. The maximum atomic E-state index is 11.4. The first-order valence-electron chi connectivity index (χ1n) is 10.0. The van der Waals surface area contributed by atoms with Crippen molar-refractivity contribution >= 4 is 19.9 Å². The molecule has 6 heteroatoms. The predicted octanol–water partition coefficient (Wildman–Crippen LogP) is 4.56. The first-order chi connectivity index (χ1) is 12.6. The van der Waals surface area contributed by atoms with Gasteiger partial charge in [-0.25, -0.2) is 0 Å². The van der Waals surface area contributed by atoms with Crippen LogP contribution in [0.15, 0.2) is 18.2 Å². The van der Waals surface area contributed by atoms with Crippen molar-refractivity contribution in [2.75, 3.05) is 25.1 Å². The van der Waals surface area contributed by atoms with Gasteiger partial charge < -0.3 is 19.8 Å². The molecule has 1 amide bonds. The van der Waals surface area contributed by atoms with Crippen LogP contribution in [0.25, 0.3) is 0 Å². The third-order valence-corrected chi connectivity index (χ3v) is 12.2. The second-order valence-electron chi connectivity index (χ2n) is 8.54. The summed E-state index contributed by atoms with van der Waals surface area (Å²) in [7, 11) is -0.261. The molecule has 152 valence electrons. The molecule has 1 aromatic carbocycles. The molecule has 5 nitrogen and oxygen atoms in total. The van der Waals surface area contributed by atoms with Gasteiger partial charge in [0.25, 0.3) is 0 Å². The van der Waals surface area contributed by atoms with Crippen molar-refractivity contribution in [3.8, 4) is 5.75 Å². The van der Waals surface area contributed by atoms with Gasteiger partial charge in [-0.3, -0.25) is 4.79 Å². The van der Waals surface area contributed by atoms with Crippen molar-refractivity contribution in [2.45, 2.75) is 70.7 Å². The summed E-state index contributed by atoms with van der Waals surface area (Å²) < 4.78 is 12.5. The van der Waals surface area contributed by atoms with Crippen LogP contribution in [0.2, 0.25) is 16.6 Å². The molecule has 0 aliphatic carbocycles. The minimum atomic E-state index is -1.89. The number of hydrogen-bond acceptors (Lipinski definition) is 4. The maximum absolute atomic E-state index is 11.4. The zero-order valence-corrected chi connectivity index (χ0v) is 18.9. The van der Waals surface area contributed by atoms with Crippen molar-refractivity contribution in [1.29, 1.82) is 0 Å². The maximum Gasteiger partial charge on any atom is 0.248 e. The molecule has 1 fully saturated rings. The Morgan fingerprint density at radius 1 is 1.15 bits per heavy atom. The lowest BCUT2D eigenvalue weighted by Crippen LogP contribution is -2.50. The van der Waals surface area contributed by atoms with Crippen molar-refractivity contribution in [3.63, 3.8) is 0 Å². The van der Waals surface area contributed by atoms with Crippen molar-refractivity contribution in [2.24, 2.45) is 5.73 Å². The molecule has 0 aromatic heterocycles. The summed E-state index contributed by atoms with van der Waals surface area (Å²) in [5.74, 6) is 0.246. The van der Waals surface area contributed by atoms with E-state index in [1.54, 1.807) is 19.2 Å². The van der Waals surface area contributed by atoms with Crippen molar-refractivity contribution in [1.82, 2.24) is 0 Å². The lowest BCUT2D eigenvalue weighted by Gasteiger charge is -2.44. The van der Waals surface area contributed by atoms with E-state index in [2.05, 4.69) is 46.4 Å². The highest BCUT2D eigenvalue weighted by atomic mass is 28.4. The van der Waals surface area contributed by atoms with Crippen LogP contribution < -0.4 is 15.4 Å². The highest BCUT2D eigenvalue weighted by Gasteiger charge is 2.47. The number of nitrogens with two attached hydrogens (primary N) is 1. The van der Waals surface area contributed by atoms with Crippen LogP contribution >= 0.6 is 0 Å². The van der Waals surface area contributed by atoms with Crippen LogP contribution in [-0.2, 0) is 4.43 Å². The van der Waals surface area contributed by atoms with Gasteiger partial charge in [-0.05, 0) is 41.2 Å². The summed E-state index contributed by atoms with van der Waals surface area (Å²) >= 11 is 0. The van der Waals surface area contributed by atoms with E-state index in [-0.39, 0.29) is 6.10 Å². The molecule has 1 aromatic rings. The number of anilines is 1. The molecule has 1 heterocycles. The van der Waals surface area contributed by atoms with Crippen molar-refractivity contribution < 1.29 is 14.0 Å². The third-order valence-electron chi connectivity index (χ3n) is 6.03. The van der Waals surface area contributed by atoms with Gasteiger partial charge in [0.1, 0.15) is 5.75 Å². The lowest BCUT2D eigenvalue weighted by atomic mass is 10.1. The minimum Gasteiger partial charge on any atom is -0.495 e. The van der Waals surface area contributed by atoms with Crippen LogP contribution in [0.1, 0.15) is 58.3 Å². The van der Waals surface area contributed by atoms with Gasteiger partial charge in [0.15, 0.2) is 0 Å². The van der Waals surface area contributed by atoms with Crippen LogP contribution in [-0.4, -0.2) is 40.5 Å². The van der Waals surface area contributed by atoms with E-state index in [1.165, 1.54) is 0 Å². The molecular formula is C21H36N2O3Si. The Morgan fingerprint density at radius 2 is 1.74 bits per heavy atom. The van der Waals surface area contributed by atoms with Crippen LogP contribution in [0.3, 0.4) is 0 Å². The molecule has 1 unspecified atom stereocenters. The number of carbonyl (C=O) groups is 1. The van der Waals surface area contributed by atoms with E-state index < -0.39 is 14.2 Å². The van der Waals surface area contributed by atoms with Gasteiger partial charge in [0, 0.05) is 18.7 Å². The number of amides is 1. The second-order valence-corrected chi connectivity index (χ2v) is 13.9. The normalized spacial score (nSPS) is 18.0. The Hall–Kier alpha value is -1.53. The van der Waals surface area contributed by atoms with Gasteiger partial charge in [0.2, 0.25) is 14.2 Å². The molecule has 1 atom stereocenters. The average molecular weight is 393 g/mol. The number of nitrogens with zero attached hydrogens (tertiary/aromatic N) is 1. The van der Waals surface area contributed by atoms with Gasteiger partial charge in [0.05, 0.1) is 18.9 Å². The van der Waals surface area contributed by atoms with Gasteiger partial charge >= 0.3 is 0 Å². The highest BCUT2D eigenvalue weighted by molar-refractivity contribution is 6.77. The Balaban J connectivity index is 2.20. The number of benzene rings is 1. The molecule has 2 rings (SSSR count). The Bertz CT molecular complexity index is 639. The molecule has 27 heavy (non-hydrogen) atoms. The monoisotopic (exact) mass is 392 g/mol. The third kappa shape index (κ3) is 4.32. The first-order valence-corrected chi connectivity index (χ1v) is 12.2. The van der Waals surface area contributed by atoms with Crippen LogP contribution in [0.5, 0.6) is 5.75 Å². The number of methoxy groups -OCH3 is 1. The van der Waals surface area contributed by atoms with E-state index >= 15 is 0 Å². The summed E-state index contributed by atoms with van der Waals surface area (Å²) in [6.07, 6.45) is 1.26. The van der Waals surface area contributed by atoms with E-state index in [0.29, 0.717) is 27.9 Å². The zero-order valence-electron chi connectivity index (χ0n) is 17.9. The number of rotatable bonds is 8. The molecular weight excluding hydrogens is 356 g/mol. The van der Waals surface area contributed by atoms with Crippen LogP contribution in [0, 0.1) is 0 Å². The predicted molar refractivity (Wildman–Crippen MR) is 114 cm³/mol. The molecule has 2 N–H and O–H groups in total. The van der Waals surface area contributed by atoms with Crippen LogP contribution in [0.4, 0.5) is 5.69 Å². The van der Waals surface area contributed by atoms with E-state index in [9.17, 15) is 4.79 Å². The lowest BCUT2D eigenvalue weighted by molar-refractivity contribution is 0.1000. The Morgan fingerprint density at radius 3 is 2.22 bits per heavy atom. The summed E-state index contributed by atoms with van der Waals surface area (Å²) in [5.41, 5.74) is 8.60.